The smallest absolute Gasteiger partial charge is 0.115 e. The van der Waals surface area contributed by atoms with Crippen molar-refractivity contribution in [1.82, 2.24) is 16.2 Å². The molecule has 0 aromatic heterocycles. The number of benzene rings is 1. The first-order chi connectivity index (χ1) is 8.75. The van der Waals surface area contributed by atoms with E-state index in [1.165, 1.54) is 12.8 Å². The van der Waals surface area contributed by atoms with Crippen molar-refractivity contribution < 1.29 is 5.11 Å². The molecule has 1 aliphatic rings. The molecular weight excluding hydrogens is 226 g/mol. The molecule has 0 aliphatic carbocycles. The number of aromatic hydroxyl groups is 1. The van der Waals surface area contributed by atoms with Crippen molar-refractivity contribution in [2.45, 2.75) is 32.4 Å². The highest BCUT2D eigenvalue weighted by Crippen LogP contribution is 2.14. The van der Waals surface area contributed by atoms with Gasteiger partial charge in [-0.2, -0.15) is 0 Å². The Kier molecular flexibility index (Phi) is 4.99. The third-order valence-corrected chi connectivity index (χ3v) is 3.57. The standard InChI is InChI=1S/C14H23N3O/c1-11-13(10-16-17-11)5-3-7-15-9-12-4-2-6-14(18)8-12/h2,4,6,8,11,13,15-18H,3,5,7,9-10H2,1H3. The Bertz CT molecular complexity index is 370. The summed E-state index contributed by atoms with van der Waals surface area (Å²) in [5, 5.41) is 12.8. The molecule has 2 atom stereocenters. The maximum absolute atomic E-state index is 9.35. The topological polar surface area (TPSA) is 56.3 Å². The summed E-state index contributed by atoms with van der Waals surface area (Å²) in [6.07, 6.45) is 2.44. The molecule has 1 saturated heterocycles. The highest BCUT2D eigenvalue weighted by molar-refractivity contribution is 5.26. The molecule has 0 bridgehead atoms. The van der Waals surface area contributed by atoms with Crippen LogP contribution >= 0.6 is 0 Å². The van der Waals surface area contributed by atoms with Gasteiger partial charge in [0.2, 0.25) is 0 Å². The second-order valence-corrected chi connectivity index (χ2v) is 5.06. The summed E-state index contributed by atoms with van der Waals surface area (Å²) in [5.74, 6) is 1.08. The Labute approximate surface area is 109 Å². The largest absolute Gasteiger partial charge is 0.508 e. The molecule has 2 unspecified atom stereocenters. The SMILES string of the molecule is CC1NNCC1CCCNCc1cccc(O)c1. The van der Waals surface area contributed by atoms with Gasteiger partial charge < -0.3 is 10.4 Å². The molecule has 2 rings (SSSR count). The van der Waals surface area contributed by atoms with E-state index < -0.39 is 0 Å². The zero-order valence-electron chi connectivity index (χ0n) is 10.9. The normalized spacial score (nSPS) is 23.4. The summed E-state index contributed by atoms with van der Waals surface area (Å²) >= 11 is 0. The second kappa shape index (κ2) is 6.73. The van der Waals surface area contributed by atoms with E-state index in [-0.39, 0.29) is 0 Å². The van der Waals surface area contributed by atoms with Gasteiger partial charge in [0.15, 0.2) is 0 Å². The van der Waals surface area contributed by atoms with Gasteiger partial charge in [-0.3, -0.25) is 10.9 Å². The van der Waals surface area contributed by atoms with Crippen LogP contribution in [0.15, 0.2) is 24.3 Å². The Hall–Kier alpha value is -1.10. The van der Waals surface area contributed by atoms with E-state index in [0.29, 0.717) is 11.8 Å². The minimum atomic E-state index is 0.339. The molecule has 0 radical (unpaired) electrons. The van der Waals surface area contributed by atoms with E-state index in [1.807, 2.05) is 12.1 Å². The number of hydrogen-bond donors (Lipinski definition) is 4. The molecule has 1 fully saturated rings. The Morgan fingerprint density at radius 2 is 2.33 bits per heavy atom. The number of nitrogens with one attached hydrogen (secondary N) is 3. The first kappa shape index (κ1) is 13.3. The molecule has 0 saturated carbocycles. The van der Waals surface area contributed by atoms with Crippen molar-refractivity contribution in [2.24, 2.45) is 5.92 Å². The van der Waals surface area contributed by atoms with Crippen LogP contribution < -0.4 is 16.2 Å². The van der Waals surface area contributed by atoms with Crippen molar-refractivity contribution in [3.63, 3.8) is 0 Å². The lowest BCUT2D eigenvalue weighted by molar-refractivity contribution is 0.438. The Morgan fingerprint density at radius 3 is 3.06 bits per heavy atom. The third-order valence-electron chi connectivity index (χ3n) is 3.57. The van der Waals surface area contributed by atoms with Crippen LogP contribution in [-0.2, 0) is 6.54 Å². The minimum absolute atomic E-state index is 0.339. The van der Waals surface area contributed by atoms with Crippen LogP contribution in [0, 0.1) is 5.92 Å². The van der Waals surface area contributed by atoms with Crippen molar-refractivity contribution in [1.29, 1.82) is 0 Å². The zero-order chi connectivity index (χ0) is 12.8. The molecule has 1 aliphatic heterocycles. The summed E-state index contributed by atoms with van der Waals surface area (Å²) in [6, 6.07) is 7.99. The summed E-state index contributed by atoms with van der Waals surface area (Å²) in [5.41, 5.74) is 7.57. The zero-order valence-corrected chi connectivity index (χ0v) is 10.9. The average Bonchev–Trinajstić information content (AvgIpc) is 2.75. The number of phenols is 1. The van der Waals surface area contributed by atoms with E-state index >= 15 is 0 Å². The van der Waals surface area contributed by atoms with Gasteiger partial charge in [-0.1, -0.05) is 12.1 Å². The van der Waals surface area contributed by atoms with Crippen LogP contribution in [0.5, 0.6) is 5.75 Å². The summed E-state index contributed by atoms with van der Waals surface area (Å²) in [4.78, 5) is 0. The Morgan fingerprint density at radius 1 is 1.44 bits per heavy atom. The van der Waals surface area contributed by atoms with Crippen LogP contribution in [0.25, 0.3) is 0 Å². The average molecular weight is 249 g/mol. The minimum Gasteiger partial charge on any atom is -0.508 e. The van der Waals surface area contributed by atoms with E-state index in [2.05, 4.69) is 23.1 Å². The number of rotatable bonds is 6. The van der Waals surface area contributed by atoms with Crippen molar-refractivity contribution in [3.8, 4) is 5.75 Å². The fraction of sp³-hybridized carbons (Fsp3) is 0.571. The predicted molar refractivity (Wildman–Crippen MR) is 73.1 cm³/mol. The molecule has 1 aromatic rings. The lowest BCUT2D eigenvalue weighted by Crippen LogP contribution is -2.28. The van der Waals surface area contributed by atoms with Crippen molar-refractivity contribution in [3.05, 3.63) is 29.8 Å². The van der Waals surface area contributed by atoms with E-state index in [9.17, 15) is 5.11 Å². The summed E-state index contributed by atoms with van der Waals surface area (Å²) in [7, 11) is 0. The first-order valence-electron chi connectivity index (χ1n) is 6.73. The lowest BCUT2D eigenvalue weighted by Gasteiger charge is -2.13. The van der Waals surface area contributed by atoms with Gasteiger partial charge in [0.05, 0.1) is 0 Å². The van der Waals surface area contributed by atoms with Gasteiger partial charge in [-0.15, -0.1) is 0 Å². The maximum atomic E-state index is 9.35. The lowest BCUT2D eigenvalue weighted by atomic mass is 9.98. The maximum Gasteiger partial charge on any atom is 0.115 e. The van der Waals surface area contributed by atoms with Crippen LogP contribution in [0.3, 0.4) is 0 Å². The van der Waals surface area contributed by atoms with Gasteiger partial charge >= 0.3 is 0 Å². The van der Waals surface area contributed by atoms with Gasteiger partial charge in [0.1, 0.15) is 5.75 Å². The highest BCUT2D eigenvalue weighted by atomic mass is 16.3. The van der Waals surface area contributed by atoms with Gasteiger partial charge in [0, 0.05) is 19.1 Å². The fourth-order valence-electron chi connectivity index (χ4n) is 2.39. The molecule has 1 aromatic carbocycles. The third kappa shape index (κ3) is 3.98. The summed E-state index contributed by atoms with van der Waals surface area (Å²) in [6.45, 7) is 5.16. The highest BCUT2D eigenvalue weighted by Gasteiger charge is 2.21. The second-order valence-electron chi connectivity index (χ2n) is 5.06. The van der Waals surface area contributed by atoms with E-state index in [4.69, 9.17) is 0 Å². The first-order valence-corrected chi connectivity index (χ1v) is 6.73. The molecule has 4 nitrogen and oxygen atoms in total. The fourth-order valence-corrected chi connectivity index (χ4v) is 2.39. The number of hydrazine groups is 1. The number of phenolic OH excluding ortho intramolecular Hbond substituents is 1. The van der Waals surface area contributed by atoms with Crippen LogP contribution in [0.1, 0.15) is 25.3 Å². The van der Waals surface area contributed by atoms with Crippen LogP contribution in [0.4, 0.5) is 0 Å². The van der Waals surface area contributed by atoms with Crippen molar-refractivity contribution >= 4 is 0 Å². The molecule has 1 heterocycles. The monoisotopic (exact) mass is 249 g/mol. The predicted octanol–water partition coefficient (Wildman–Crippen LogP) is 1.37. The van der Waals surface area contributed by atoms with Crippen molar-refractivity contribution in [2.75, 3.05) is 13.1 Å². The molecule has 4 heteroatoms. The van der Waals surface area contributed by atoms with E-state index in [1.54, 1.807) is 12.1 Å². The molecule has 100 valence electrons. The van der Waals surface area contributed by atoms with Gasteiger partial charge in [0.25, 0.3) is 0 Å². The molecule has 0 spiro atoms. The quantitative estimate of drug-likeness (QED) is 0.575. The summed E-state index contributed by atoms with van der Waals surface area (Å²) < 4.78 is 0. The molecular formula is C14H23N3O. The van der Waals surface area contributed by atoms with Crippen LogP contribution in [-0.4, -0.2) is 24.2 Å². The molecule has 0 amide bonds. The van der Waals surface area contributed by atoms with Gasteiger partial charge in [-0.25, -0.2) is 0 Å². The van der Waals surface area contributed by atoms with Crippen LogP contribution in [0.2, 0.25) is 0 Å². The molecule has 4 N–H and O–H groups in total. The Balaban J connectivity index is 1.59. The van der Waals surface area contributed by atoms with Gasteiger partial charge in [-0.05, 0) is 49.9 Å². The number of hydrogen-bond acceptors (Lipinski definition) is 4. The van der Waals surface area contributed by atoms with E-state index in [0.717, 1.165) is 31.1 Å². The molecule has 18 heavy (non-hydrogen) atoms.